The van der Waals surface area contributed by atoms with Crippen molar-refractivity contribution in [3.8, 4) is 0 Å². The zero-order valence-corrected chi connectivity index (χ0v) is 12.8. The maximum atomic E-state index is 10.9. The van der Waals surface area contributed by atoms with Gasteiger partial charge in [0.15, 0.2) is 0 Å². The van der Waals surface area contributed by atoms with Crippen LogP contribution in [0.2, 0.25) is 0 Å². The Morgan fingerprint density at radius 2 is 1.95 bits per heavy atom. The van der Waals surface area contributed by atoms with Crippen molar-refractivity contribution in [2.24, 2.45) is 11.7 Å². The number of nitrogens with one attached hydrogen (secondary N) is 1. The average molecular weight is 280 g/mol. The minimum atomic E-state index is -0.285. The molecule has 3 N–H and O–H groups in total. The minimum absolute atomic E-state index is 0.285. The lowest BCUT2D eigenvalue weighted by molar-refractivity contribution is -0.115. The van der Waals surface area contributed by atoms with Crippen molar-refractivity contribution in [1.82, 2.24) is 0 Å². The largest absolute Gasteiger partial charge is 0.382 e. The molecule has 0 aliphatic carbocycles. The fraction of sp³-hybridized carbons (Fsp3) is 0.533. The fourth-order valence-electron chi connectivity index (χ4n) is 1.78. The van der Waals surface area contributed by atoms with E-state index in [1.165, 1.54) is 18.2 Å². The monoisotopic (exact) mass is 280 g/mol. The van der Waals surface area contributed by atoms with Crippen LogP contribution in [0.15, 0.2) is 29.2 Å². The van der Waals surface area contributed by atoms with E-state index in [1.54, 1.807) is 0 Å². The van der Waals surface area contributed by atoms with Crippen LogP contribution in [0, 0.1) is 5.92 Å². The first kappa shape index (κ1) is 15.9. The van der Waals surface area contributed by atoms with Crippen LogP contribution < -0.4 is 11.1 Å². The van der Waals surface area contributed by atoms with Gasteiger partial charge in [-0.25, -0.2) is 0 Å². The van der Waals surface area contributed by atoms with Crippen LogP contribution in [0.1, 0.15) is 33.6 Å². The van der Waals surface area contributed by atoms with Gasteiger partial charge in [-0.2, -0.15) is 0 Å². The van der Waals surface area contributed by atoms with Crippen LogP contribution in [0.5, 0.6) is 0 Å². The molecule has 0 aliphatic heterocycles. The number of amides is 1. The summed E-state index contributed by atoms with van der Waals surface area (Å²) in [6.45, 7) is 6.67. The van der Waals surface area contributed by atoms with Crippen molar-refractivity contribution in [3.63, 3.8) is 0 Å². The molecule has 0 aliphatic rings. The normalized spacial score (nSPS) is 12.4. The third kappa shape index (κ3) is 6.53. The van der Waals surface area contributed by atoms with E-state index >= 15 is 0 Å². The highest BCUT2D eigenvalue weighted by atomic mass is 32.2. The lowest BCUT2D eigenvalue weighted by Gasteiger charge is -2.18. The number of carbonyl (C=O) groups is 1. The Labute approximate surface area is 120 Å². The molecule has 19 heavy (non-hydrogen) atoms. The minimum Gasteiger partial charge on any atom is -0.382 e. The van der Waals surface area contributed by atoms with E-state index in [-0.39, 0.29) is 5.91 Å². The van der Waals surface area contributed by atoms with Crippen LogP contribution >= 0.6 is 11.8 Å². The highest BCUT2D eigenvalue weighted by molar-refractivity contribution is 8.00. The van der Waals surface area contributed by atoms with E-state index < -0.39 is 0 Å². The molecule has 1 amide bonds. The molecule has 0 bridgehead atoms. The number of carbonyl (C=O) groups excluding carboxylic acids is 1. The third-order valence-electron chi connectivity index (χ3n) is 2.84. The van der Waals surface area contributed by atoms with E-state index in [9.17, 15) is 4.79 Å². The molecule has 0 radical (unpaired) electrons. The number of hydrogen-bond acceptors (Lipinski definition) is 3. The summed E-state index contributed by atoms with van der Waals surface area (Å²) in [5.41, 5.74) is 6.28. The van der Waals surface area contributed by atoms with E-state index in [0.29, 0.717) is 11.8 Å². The van der Waals surface area contributed by atoms with E-state index in [1.807, 2.05) is 18.2 Å². The topological polar surface area (TPSA) is 55.1 Å². The van der Waals surface area contributed by atoms with Gasteiger partial charge in [0.05, 0.1) is 5.75 Å². The van der Waals surface area contributed by atoms with E-state index in [0.717, 1.165) is 22.9 Å². The van der Waals surface area contributed by atoms with Gasteiger partial charge in [-0.3, -0.25) is 4.79 Å². The van der Waals surface area contributed by atoms with Crippen molar-refractivity contribution in [3.05, 3.63) is 24.3 Å². The van der Waals surface area contributed by atoms with Gasteiger partial charge in [0, 0.05) is 16.6 Å². The molecule has 1 unspecified atom stereocenters. The molecule has 0 heterocycles. The van der Waals surface area contributed by atoms with Gasteiger partial charge in [0.2, 0.25) is 5.91 Å². The first-order valence-electron chi connectivity index (χ1n) is 6.75. The molecule has 0 aromatic heterocycles. The van der Waals surface area contributed by atoms with Gasteiger partial charge in [-0.1, -0.05) is 26.0 Å². The molecule has 106 valence electrons. The Morgan fingerprint density at radius 1 is 1.26 bits per heavy atom. The van der Waals surface area contributed by atoms with Crippen molar-refractivity contribution < 1.29 is 4.79 Å². The van der Waals surface area contributed by atoms with Crippen molar-refractivity contribution in [2.45, 2.75) is 44.6 Å². The lowest BCUT2D eigenvalue weighted by Crippen LogP contribution is -2.17. The molecule has 1 atom stereocenters. The SMILES string of the molecule is CC(C)CCC(C)Nc1ccccc1SCC(N)=O. The Hall–Kier alpha value is -1.16. The van der Waals surface area contributed by atoms with Crippen molar-refractivity contribution in [1.29, 1.82) is 0 Å². The molecular weight excluding hydrogens is 256 g/mol. The standard InChI is InChI=1S/C15H24N2OS/c1-11(2)8-9-12(3)17-13-6-4-5-7-14(13)19-10-15(16)18/h4-7,11-12,17H,8-10H2,1-3H3,(H2,16,18). The van der Waals surface area contributed by atoms with Gasteiger partial charge < -0.3 is 11.1 Å². The average Bonchev–Trinajstić information content (AvgIpc) is 2.35. The molecule has 0 saturated heterocycles. The Bertz CT molecular complexity index is 407. The second kappa shape index (κ2) is 8.10. The maximum absolute atomic E-state index is 10.9. The van der Waals surface area contributed by atoms with Crippen molar-refractivity contribution in [2.75, 3.05) is 11.1 Å². The van der Waals surface area contributed by atoms with Gasteiger partial charge in [-0.05, 0) is 37.8 Å². The molecule has 1 rings (SSSR count). The number of anilines is 1. The third-order valence-corrected chi connectivity index (χ3v) is 3.93. The van der Waals surface area contributed by atoms with Crippen LogP contribution in [-0.2, 0) is 4.79 Å². The van der Waals surface area contributed by atoms with Gasteiger partial charge in [0.25, 0.3) is 0 Å². The smallest absolute Gasteiger partial charge is 0.227 e. The number of hydrogen-bond donors (Lipinski definition) is 2. The summed E-state index contributed by atoms with van der Waals surface area (Å²) in [6.07, 6.45) is 2.36. The summed E-state index contributed by atoms with van der Waals surface area (Å²) in [5.74, 6) is 0.760. The summed E-state index contributed by atoms with van der Waals surface area (Å²) in [4.78, 5) is 11.9. The Kier molecular flexibility index (Phi) is 6.78. The Morgan fingerprint density at radius 3 is 2.58 bits per heavy atom. The number of primary amides is 1. The second-order valence-corrected chi connectivity index (χ2v) is 6.28. The second-order valence-electron chi connectivity index (χ2n) is 5.27. The van der Waals surface area contributed by atoms with Gasteiger partial charge in [0.1, 0.15) is 0 Å². The van der Waals surface area contributed by atoms with Crippen LogP contribution in [0.3, 0.4) is 0 Å². The van der Waals surface area contributed by atoms with E-state index in [4.69, 9.17) is 5.73 Å². The van der Waals surface area contributed by atoms with Gasteiger partial charge >= 0.3 is 0 Å². The van der Waals surface area contributed by atoms with Crippen molar-refractivity contribution >= 4 is 23.4 Å². The first-order chi connectivity index (χ1) is 8.99. The van der Waals surface area contributed by atoms with Crippen LogP contribution in [-0.4, -0.2) is 17.7 Å². The number of para-hydroxylation sites is 1. The number of nitrogens with two attached hydrogens (primary N) is 1. The molecule has 0 spiro atoms. The molecular formula is C15H24N2OS. The zero-order chi connectivity index (χ0) is 14.3. The summed E-state index contributed by atoms with van der Waals surface area (Å²) in [6, 6.07) is 8.48. The zero-order valence-electron chi connectivity index (χ0n) is 12.0. The number of benzene rings is 1. The number of rotatable bonds is 8. The lowest BCUT2D eigenvalue weighted by atomic mass is 10.0. The van der Waals surface area contributed by atoms with Gasteiger partial charge in [-0.15, -0.1) is 11.8 Å². The summed E-state index contributed by atoms with van der Waals surface area (Å²) in [5, 5.41) is 3.52. The fourth-order valence-corrected chi connectivity index (χ4v) is 2.54. The first-order valence-corrected chi connectivity index (χ1v) is 7.74. The summed E-state index contributed by atoms with van der Waals surface area (Å²) >= 11 is 1.48. The molecule has 1 aromatic rings. The predicted molar refractivity (Wildman–Crippen MR) is 83.5 cm³/mol. The predicted octanol–water partition coefficient (Wildman–Crippen LogP) is 3.50. The van der Waals surface area contributed by atoms with E-state index in [2.05, 4.69) is 32.2 Å². The van der Waals surface area contributed by atoms with Crippen LogP contribution in [0.4, 0.5) is 5.69 Å². The Balaban J connectivity index is 2.58. The molecule has 3 nitrogen and oxygen atoms in total. The highest BCUT2D eigenvalue weighted by Crippen LogP contribution is 2.27. The summed E-state index contributed by atoms with van der Waals surface area (Å²) in [7, 11) is 0. The maximum Gasteiger partial charge on any atom is 0.227 e. The van der Waals surface area contributed by atoms with Crippen LogP contribution in [0.25, 0.3) is 0 Å². The summed E-state index contributed by atoms with van der Waals surface area (Å²) < 4.78 is 0. The molecule has 0 fully saturated rings. The molecule has 4 heteroatoms. The number of thioether (sulfide) groups is 1. The quantitative estimate of drug-likeness (QED) is 0.717. The molecule has 1 aromatic carbocycles. The highest BCUT2D eigenvalue weighted by Gasteiger charge is 2.08. The molecule has 0 saturated carbocycles.